The predicted molar refractivity (Wildman–Crippen MR) is 84.5 cm³/mol. The zero-order valence-corrected chi connectivity index (χ0v) is 13.0. The summed E-state index contributed by atoms with van der Waals surface area (Å²) in [4.78, 5) is 16.0. The molecule has 1 fully saturated rings. The summed E-state index contributed by atoms with van der Waals surface area (Å²) >= 11 is 0. The molecule has 0 spiro atoms. The van der Waals surface area contributed by atoms with Crippen molar-refractivity contribution < 1.29 is 9.53 Å². The van der Waals surface area contributed by atoms with Gasteiger partial charge in [-0.2, -0.15) is 0 Å². The van der Waals surface area contributed by atoms with Gasteiger partial charge in [0.1, 0.15) is 0 Å². The predicted octanol–water partition coefficient (Wildman–Crippen LogP) is 1.09. The van der Waals surface area contributed by atoms with Gasteiger partial charge in [0.05, 0.1) is 13.2 Å². The number of hydrogen-bond donors (Lipinski definition) is 1. The molecule has 1 heterocycles. The van der Waals surface area contributed by atoms with Gasteiger partial charge in [-0.1, -0.05) is 12.1 Å². The first-order chi connectivity index (χ1) is 10.2. The van der Waals surface area contributed by atoms with Gasteiger partial charge in [-0.25, -0.2) is 0 Å². The largest absolute Gasteiger partial charge is 0.378 e. The van der Waals surface area contributed by atoms with E-state index in [1.165, 1.54) is 5.69 Å². The number of rotatable bonds is 6. The lowest BCUT2D eigenvalue weighted by Crippen LogP contribution is -2.36. The SMILES string of the molecule is CNCCC(=O)N(C)Cc1ccc(N2CCOCC2)cc1. The molecule has 1 amide bonds. The number of amides is 1. The Hall–Kier alpha value is -1.59. The summed E-state index contributed by atoms with van der Waals surface area (Å²) in [5.74, 6) is 0.168. The molecule has 0 aromatic heterocycles. The first-order valence-electron chi connectivity index (χ1n) is 7.51. The van der Waals surface area contributed by atoms with Crippen LogP contribution in [0.25, 0.3) is 0 Å². The second kappa shape index (κ2) is 8.00. The summed E-state index contributed by atoms with van der Waals surface area (Å²) in [5.41, 5.74) is 2.39. The average Bonchev–Trinajstić information content (AvgIpc) is 2.54. The van der Waals surface area contributed by atoms with Crippen LogP contribution in [0.3, 0.4) is 0 Å². The van der Waals surface area contributed by atoms with Crippen LogP contribution in [-0.4, -0.2) is 57.8 Å². The molecule has 1 N–H and O–H groups in total. The third-order valence-corrected chi connectivity index (χ3v) is 3.75. The Labute approximate surface area is 126 Å². The molecular formula is C16H25N3O2. The monoisotopic (exact) mass is 291 g/mol. The number of nitrogens with zero attached hydrogens (tertiary/aromatic N) is 2. The molecule has 1 aromatic carbocycles. The van der Waals surface area contributed by atoms with Gasteiger partial charge in [0.2, 0.25) is 5.91 Å². The number of anilines is 1. The Balaban J connectivity index is 1.88. The molecule has 0 aliphatic carbocycles. The van der Waals surface area contributed by atoms with Gasteiger partial charge in [0.15, 0.2) is 0 Å². The molecule has 0 atom stereocenters. The molecule has 21 heavy (non-hydrogen) atoms. The van der Waals surface area contributed by atoms with Crippen LogP contribution in [0.4, 0.5) is 5.69 Å². The van der Waals surface area contributed by atoms with Crippen molar-refractivity contribution in [3.8, 4) is 0 Å². The van der Waals surface area contributed by atoms with Gasteiger partial charge in [-0.3, -0.25) is 4.79 Å². The van der Waals surface area contributed by atoms with E-state index in [0.29, 0.717) is 13.0 Å². The molecule has 1 aliphatic rings. The van der Waals surface area contributed by atoms with Crippen LogP contribution in [0.2, 0.25) is 0 Å². The fraction of sp³-hybridized carbons (Fsp3) is 0.562. The molecule has 1 aliphatic heterocycles. The normalized spacial score (nSPS) is 15.0. The van der Waals surface area contributed by atoms with Gasteiger partial charge in [0.25, 0.3) is 0 Å². The second-order valence-electron chi connectivity index (χ2n) is 5.37. The Morgan fingerprint density at radius 1 is 1.29 bits per heavy atom. The van der Waals surface area contributed by atoms with Crippen molar-refractivity contribution in [3.05, 3.63) is 29.8 Å². The van der Waals surface area contributed by atoms with Crippen molar-refractivity contribution in [2.45, 2.75) is 13.0 Å². The van der Waals surface area contributed by atoms with E-state index in [1.54, 1.807) is 4.90 Å². The van der Waals surface area contributed by atoms with Crippen molar-refractivity contribution in [1.82, 2.24) is 10.2 Å². The maximum Gasteiger partial charge on any atom is 0.223 e. The van der Waals surface area contributed by atoms with E-state index in [1.807, 2.05) is 14.1 Å². The van der Waals surface area contributed by atoms with E-state index < -0.39 is 0 Å². The lowest BCUT2D eigenvalue weighted by molar-refractivity contribution is -0.130. The van der Waals surface area contributed by atoms with E-state index in [2.05, 4.69) is 34.5 Å². The summed E-state index contributed by atoms with van der Waals surface area (Å²) in [6.07, 6.45) is 0.541. The Bertz CT molecular complexity index is 441. The Morgan fingerprint density at radius 2 is 1.95 bits per heavy atom. The molecule has 0 saturated carbocycles. The fourth-order valence-electron chi connectivity index (χ4n) is 2.42. The summed E-state index contributed by atoms with van der Waals surface area (Å²) in [6.45, 7) is 4.86. The third-order valence-electron chi connectivity index (χ3n) is 3.75. The molecule has 0 bridgehead atoms. The minimum atomic E-state index is 0.168. The van der Waals surface area contributed by atoms with Crippen molar-refractivity contribution in [3.63, 3.8) is 0 Å². The first kappa shape index (κ1) is 15.8. The first-order valence-corrected chi connectivity index (χ1v) is 7.51. The van der Waals surface area contributed by atoms with Gasteiger partial charge in [0, 0.05) is 45.3 Å². The van der Waals surface area contributed by atoms with Gasteiger partial charge >= 0.3 is 0 Å². The number of benzene rings is 1. The van der Waals surface area contributed by atoms with Crippen molar-refractivity contribution in [2.75, 3.05) is 51.8 Å². The van der Waals surface area contributed by atoms with E-state index in [0.717, 1.165) is 38.4 Å². The molecule has 116 valence electrons. The van der Waals surface area contributed by atoms with Crippen LogP contribution in [0.5, 0.6) is 0 Å². The minimum Gasteiger partial charge on any atom is -0.378 e. The lowest BCUT2D eigenvalue weighted by Gasteiger charge is -2.29. The maximum atomic E-state index is 11.9. The van der Waals surface area contributed by atoms with Crippen LogP contribution in [0.15, 0.2) is 24.3 Å². The van der Waals surface area contributed by atoms with Gasteiger partial charge < -0.3 is 19.9 Å². The Morgan fingerprint density at radius 3 is 2.57 bits per heavy atom. The number of carbonyl (C=O) groups is 1. The number of nitrogens with one attached hydrogen (secondary N) is 1. The lowest BCUT2D eigenvalue weighted by atomic mass is 10.1. The fourth-order valence-corrected chi connectivity index (χ4v) is 2.42. The molecule has 5 heteroatoms. The minimum absolute atomic E-state index is 0.168. The number of hydrogen-bond acceptors (Lipinski definition) is 4. The van der Waals surface area contributed by atoms with E-state index in [-0.39, 0.29) is 5.91 Å². The van der Waals surface area contributed by atoms with Gasteiger partial charge in [-0.15, -0.1) is 0 Å². The summed E-state index contributed by atoms with van der Waals surface area (Å²) in [5, 5.41) is 3.00. The second-order valence-corrected chi connectivity index (χ2v) is 5.37. The Kier molecular flexibility index (Phi) is 6.02. The molecule has 2 rings (SSSR count). The van der Waals surface area contributed by atoms with Crippen LogP contribution in [-0.2, 0) is 16.1 Å². The summed E-state index contributed by atoms with van der Waals surface area (Å²) in [6, 6.07) is 8.47. The average molecular weight is 291 g/mol. The van der Waals surface area contributed by atoms with E-state index in [4.69, 9.17) is 4.74 Å². The van der Waals surface area contributed by atoms with E-state index >= 15 is 0 Å². The highest BCUT2D eigenvalue weighted by molar-refractivity contribution is 5.76. The number of ether oxygens (including phenoxy) is 1. The molecule has 1 saturated heterocycles. The van der Waals surface area contributed by atoms with Crippen LogP contribution < -0.4 is 10.2 Å². The van der Waals surface area contributed by atoms with Crippen LogP contribution >= 0.6 is 0 Å². The molecule has 1 aromatic rings. The topological polar surface area (TPSA) is 44.8 Å². The maximum absolute atomic E-state index is 11.9. The quantitative estimate of drug-likeness (QED) is 0.852. The highest BCUT2D eigenvalue weighted by Gasteiger charge is 2.12. The number of carbonyl (C=O) groups excluding carboxylic acids is 1. The molecule has 0 unspecified atom stereocenters. The number of morpholine rings is 1. The molecule has 5 nitrogen and oxygen atoms in total. The van der Waals surface area contributed by atoms with Crippen molar-refractivity contribution in [2.24, 2.45) is 0 Å². The summed E-state index contributed by atoms with van der Waals surface area (Å²) in [7, 11) is 3.71. The smallest absolute Gasteiger partial charge is 0.223 e. The molecular weight excluding hydrogens is 266 g/mol. The van der Waals surface area contributed by atoms with Crippen molar-refractivity contribution >= 4 is 11.6 Å². The van der Waals surface area contributed by atoms with Gasteiger partial charge in [-0.05, 0) is 24.7 Å². The highest BCUT2D eigenvalue weighted by Crippen LogP contribution is 2.17. The van der Waals surface area contributed by atoms with Crippen molar-refractivity contribution in [1.29, 1.82) is 0 Å². The zero-order valence-electron chi connectivity index (χ0n) is 13.0. The molecule has 0 radical (unpaired) electrons. The highest BCUT2D eigenvalue weighted by atomic mass is 16.5. The summed E-state index contributed by atoms with van der Waals surface area (Å²) < 4.78 is 5.37. The van der Waals surface area contributed by atoms with Crippen LogP contribution in [0.1, 0.15) is 12.0 Å². The zero-order chi connectivity index (χ0) is 15.1. The standard InChI is InChI=1S/C16H25N3O2/c1-17-8-7-16(20)18(2)13-14-3-5-15(6-4-14)19-9-11-21-12-10-19/h3-6,17H,7-13H2,1-2H3. The van der Waals surface area contributed by atoms with E-state index in [9.17, 15) is 4.79 Å². The third kappa shape index (κ3) is 4.72. The van der Waals surface area contributed by atoms with Crippen LogP contribution in [0, 0.1) is 0 Å².